The molecule has 0 aliphatic heterocycles. The summed E-state index contributed by atoms with van der Waals surface area (Å²) in [5, 5.41) is 14.3. The topological polar surface area (TPSA) is 62.2 Å². The van der Waals surface area contributed by atoms with E-state index in [4.69, 9.17) is 5.11 Å². The van der Waals surface area contributed by atoms with Crippen molar-refractivity contribution >= 4 is 23.0 Å². The van der Waals surface area contributed by atoms with Gasteiger partial charge in [-0.1, -0.05) is 0 Å². The molecule has 2 N–H and O–H groups in total. The first-order valence-electron chi connectivity index (χ1n) is 5.85. The highest BCUT2D eigenvalue weighted by atomic mass is 32.1. The fraction of sp³-hybridized carbons (Fsp3) is 0.231. The van der Waals surface area contributed by atoms with E-state index < -0.39 is 23.2 Å². The number of anilines is 1. The van der Waals surface area contributed by atoms with Gasteiger partial charge in [-0.2, -0.15) is 0 Å². The highest BCUT2D eigenvalue weighted by Crippen LogP contribution is 2.20. The summed E-state index contributed by atoms with van der Waals surface area (Å²) in [4.78, 5) is 14.9. The molecule has 1 aromatic heterocycles. The van der Waals surface area contributed by atoms with Gasteiger partial charge in [-0.25, -0.2) is 18.6 Å². The highest BCUT2D eigenvalue weighted by Gasteiger charge is 2.17. The van der Waals surface area contributed by atoms with Crippen LogP contribution in [0.3, 0.4) is 0 Å². The van der Waals surface area contributed by atoms with Gasteiger partial charge in [0.25, 0.3) is 0 Å². The molecule has 1 aromatic carbocycles. The molecule has 0 atom stereocenters. The quantitative estimate of drug-likeness (QED) is 0.890. The Balaban J connectivity index is 2.03. The number of hydrogen-bond acceptors (Lipinski definition) is 4. The molecule has 20 heavy (non-hydrogen) atoms. The first-order valence-corrected chi connectivity index (χ1v) is 6.73. The molecule has 0 saturated carbocycles. The predicted octanol–water partition coefficient (Wildman–Crippen LogP) is 3.08. The number of benzene rings is 1. The van der Waals surface area contributed by atoms with Crippen LogP contribution in [-0.4, -0.2) is 22.6 Å². The fourth-order valence-corrected chi connectivity index (χ4v) is 2.35. The van der Waals surface area contributed by atoms with Crippen LogP contribution in [0.1, 0.15) is 21.1 Å². The maximum absolute atomic E-state index is 13.6. The Hall–Kier alpha value is -2.02. The van der Waals surface area contributed by atoms with Gasteiger partial charge in [0.2, 0.25) is 0 Å². The number of carboxylic acids is 1. The number of aryl methyl sites for hydroxylation is 1. The maximum atomic E-state index is 13.6. The van der Waals surface area contributed by atoms with Crippen LogP contribution in [0, 0.1) is 18.6 Å². The molecule has 7 heteroatoms. The average Bonchev–Trinajstić information content (AvgIpc) is 2.80. The first-order chi connectivity index (χ1) is 9.49. The van der Waals surface area contributed by atoms with E-state index in [0.29, 0.717) is 13.0 Å². The van der Waals surface area contributed by atoms with Gasteiger partial charge in [-0.15, -0.1) is 11.3 Å². The van der Waals surface area contributed by atoms with Gasteiger partial charge in [-0.3, -0.25) is 0 Å². The summed E-state index contributed by atoms with van der Waals surface area (Å²) in [7, 11) is 0. The summed E-state index contributed by atoms with van der Waals surface area (Å²) in [6, 6.07) is 2.25. The minimum absolute atomic E-state index is 0.0561. The Morgan fingerprint density at radius 3 is 2.75 bits per heavy atom. The number of aromatic carboxylic acids is 1. The van der Waals surface area contributed by atoms with Crippen molar-refractivity contribution in [3.05, 3.63) is 45.4 Å². The van der Waals surface area contributed by atoms with E-state index in [1.807, 2.05) is 12.3 Å². The highest BCUT2D eigenvalue weighted by molar-refractivity contribution is 7.09. The Bertz CT molecular complexity index is 643. The molecule has 1 heterocycles. The number of thiazole rings is 1. The van der Waals surface area contributed by atoms with E-state index in [9.17, 15) is 13.6 Å². The number of aromatic nitrogens is 1. The van der Waals surface area contributed by atoms with Crippen LogP contribution in [0.15, 0.2) is 17.5 Å². The average molecular weight is 298 g/mol. The van der Waals surface area contributed by atoms with E-state index in [2.05, 4.69) is 10.3 Å². The lowest BCUT2D eigenvalue weighted by Gasteiger charge is -2.08. The summed E-state index contributed by atoms with van der Waals surface area (Å²) in [5.74, 6) is -4.03. The second-order valence-electron chi connectivity index (χ2n) is 4.13. The van der Waals surface area contributed by atoms with Crippen molar-refractivity contribution in [1.82, 2.24) is 4.98 Å². The third-order valence-electron chi connectivity index (χ3n) is 2.68. The lowest BCUT2D eigenvalue weighted by molar-refractivity contribution is 0.0690. The van der Waals surface area contributed by atoms with Crippen LogP contribution in [-0.2, 0) is 6.42 Å². The van der Waals surface area contributed by atoms with Crippen LogP contribution < -0.4 is 5.32 Å². The number of carboxylic acid groups (broad SMARTS) is 1. The van der Waals surface area contributed by atoms with E-state index in [-0.39, 0.29) is 5.69 Å². The summed E-state index contributed by atoms with van der Waals surface area (Å²) in [6.45, 7) is 2.27. The van der Waals surface area contributed by atoms with Crippen molar-refractivity contribution in [1.29, 1.82) is 0 Å². The van der Waals surface area contributed by atoms with Gasteiger partial charge in [0.1, 0.15) is 0 Å². The Morgan fingerprint density at radius 1 is 1.40 bits per heavy atom. The van der Waals surface area contributed by atoms with Crippen molar-refractivity contribution in [3.8, 4) is 0 Å². The normalized spacial score (nSPS) is 10.6. The fourth-order valence-electron chi connectivity index (χ4n) is 1.70. The van der Waals surface area contributed by atoms with Crippen LogP contribution in [0.5, 0.6) is 0 Å². The van der Waals surface area contributed by atoms with Gasteiger partial charge in [0.15, 0.2) is 11.6 Å². The second-order valence-corrected chi connectivity index (χ2v) is 5.19. The molecule has 0 bridgehead atoms. The van der Waals surface area contributed by atoms with Crippen molar-refractivity contribution < 1.29 is 18.7 Å². The van der Waals surface area contributed by atoms with Gasteiger partial charge < -0.3 is 10.4 Å². The molecule has 0 unspecified atom stereocenters. The summed E-state index contributed by atoms with van der Waals surface area (Å²) < 4.78 is 27.1. The van der Waals surface area contributed by atoms with Gasteiger partial charge in [-0.05, 0) is 19.1 Å². The molecule has 0 saturated heterocycles. The van der Waals surface area contributed by atoms with Crippen LogP contribution in [0.4, 0.5) is 14.5 Å². The number of halogens is 2. The zero-order valence-corrected chi connectivity index (χ0v) is 11.4. The third-order valence-corrected chi connectivity index (χ3v) is 3.50. The molecule has 0 aliphatic carbocycles. The lowest BCUT2D eigenvalue weighted by Crippen LogP contribution is -2.10. The number of hydrogen-bond donors (Lipinski definition) is 2. The zero-order chi connectivity index (χ0) is 14.7. The first kappa shape index (κ1) is 14.4. The maximum Gasteiger partial charge on any atom is 0.338 e. The Morgan fingerprint density at radius 2 is 2.15 bits per heavy atom. The largest absolute Gasteiger partial charge is 0.478 e. The Kier molecular flexibility index (Phi) is 4.29. The molecule has 0 amide bonds. The lowest BCUT2D eigenvalue weighted by atomic mass is 10.1. The minimum Gasteiger partial charge on any atom is -0.478 e. The predicted molar refractivity (Wildman–Crippen MR) is 72.4 cm³/mol. The van der Waals surface area contributed by atoms with E-state index in [1.165, 1.54) is 17.4 Å². The van der Waals surface area contributed by atoms with Crippen molar-refractivity contribution in [2.24, 2.45) is 0 Å². The Labute approximate surface area is 118 Å². The van der Waals surface area contributed by atoms with Crippen molar-refractivity contribution in [2.45, 2.75) is 13.3 Å². The van der Waals surface area contributed by atoms with Gasteiger partial charge >= 0.3 is 5.97 Å². The van der Waals surface area contributed by atoms with E-state index in [1.54, 1.807) is 0 Å². The van der Waals surface area contributed by atoms with E-state index in [0.717, 1.165) is 16.8 Å². The number of nitrogens with one attached hydrogen (secondary N) is 1. The molecule has 0 aliphatic rings. The van der Waals surface area contributed by atoms with Gasteiger partial charge in [0, 0.05) is 18.3 Å². The number of nitrogens with zero attached hydrogens (tertiary/aromatic N) is 1. The summed E-state index contributed by atoms with van der Waals surface area (Å²) >= 11 is 1.52. The molecule has 2 rings (SSSR count). The molecule has 4 nitrogen and oxygen atoms in total. The monoisotopic (exact) mass is 298 g/mol. The van der Waals surface area contributed by atoms with Gasteiger partial charge in [0.05, 0.1) is 22.0 Å². The molecule has 0 spiro atoms. The van der Waals surface area contributed by atoms with Crippen LogP contribution in [0.25, 0.3) is 0 Å². The summed E-state index contributed by atoms with van der Waals surface area (Å²) in [6.07, 6.45) is 0.575. The molecule has 2 aromatic rings. The third kappa shape index (κ3) is 3.11. The number of carbonyl (C=O) groups is 1. The molecule has 0 fully saturated rings. The second kappa shape index (κ2) is 5.96. The molecular weight excluding hydrogens is 286 g/mol. The van der Waals surface area contributed by atoms with Crippen LogP contribution in [0.2, 0.25) is 0 Å². The van der Waals surface area contributed by atoms with Crippen LogP contribution >= 0.6 is 11.3 Å². The standard InChI is InChI=1S/C13H12F2N2O2S/c1-7-17-8(6-20-7)4-5-16-10-3-2-9(13(18)19)11(14)12(10)15/h2-3,6,16H,4-5H2,1H3,(H,18,19). The molecular formula is C13H12F2N2O2S. The number of rotatable bonds is 5. The zero-order valence-electron chi connectivity index (χ0n) is 10.6. The van der Waals surface area contributed by atoms with Crippen molar-refractivity contribution in [2.75, 3.05) is 11.9 Å². The molecule has 0 radical (unpaired) electrons. The minimum atomic E-state index is -1.49. The smallest absolute Gasteiger partial charge is 0.338 e. The summed E-state index contributed by atoms with van der Waals surface area (Å²) in [5.41, 5.74) is 0.144. The van der Waals surface area contributed by atoms with Crippen molar-refractivity contribution in [3.63, 3.8) is 0 Å². The molecule has 106 valence electrons. The van der Waals surface area contributed by atoms with E-state index >= 15 is 0 Å². The SMILES string of the molecule is Cc1nc(CCNc2ccc(C(=O)O)c(F)c2F)cs1.